The average Bonchev–Trinajstić information content (AvgIpc) is 2.64. The van der Waals surface area contributed by atoms with Crippen molar-refractivity contribution in [3.63, 3.8) is 0 Å². The summed E-state index contributed by atoms with van der Waals surface area (Å²) in [5.74, 6) is -1.10. The van der Waals surface area contributed by atoms with Gasteiger partial charge >= 0.3 is 5.97 Å². The van der Waals surface area contributed by atoms with Crippen molar-refractivity contribution in [2.24, 2.45) is 5.92 Å². The molecule has 3 N–H and O–H groups in total. The standard InChI is InChI=1S/C19H28O5/c1-13-6-5-9-15(20)8-4-2-3-7-14-10-11-16(21)12-17(22)18(14)19(23)24-13/h10-15,20-22H,2-9H2,1H3. The molecule has 0 aromatic carbocycles. The monoisotopic (exact) mass is 336 g/mol. The summed E-state index contributed by atoms with van der Waals surface area (Å²) in [6.45, 7) is 1.82. The Morgan fingerprint density at radius 2 is 1.75 bits per heavy atom. The number of esters is 1. The summed E-state index contributed by atoms with van der Waals surface area (Å²) in [5, 5.41) is 29.9. The van der Waals surface area contributed by atoms with Gasteiger partial charge in [-0.2, -0.15) is 0 Å². The summed E-state index contributed by atoms with van der Waals surface area (Å²) in [4.78, 5) is 12.5. The van der Waals surface area contributed by atoms with E-state index in [9.17, 15) is 20.1 Å². The zero-order valence-corrected chi connectivity index (χ0v) is 14.3. The Morgan fingerprint density at radius 3 is 2.54 bits per heavy atom. The van der Waals surface area contributed by atoms with Crippen molar-refractivity contribution in [1.82, 2.24) is 0 Å². The maximum atomic E-state index is 12.5. The van der Waals surface area contributed by atoms with Gasteiger partial charge in [-0.25, -0.2) is 4.79 Å². The lowest BCUT2D eigenvalue weighted by Crippen LogP contribution is -2.22. The van der Waals surface area contributed by atoms with Crippen LogP contribution in [0.5, 0.6) is 0 Å². The average molecular weight is 336 g/mol. The second-order valence-corrected chi connectivity index (χ2v) is 6.77. The normalized spacial score (nSPS) is 30.7. The molecule has 0 saturated carbocycles. The minimum absolute atomic E-state index is 0.0746. The first kappa shape index (κ1) is 18.6. The van der Waals surface area contributed by atoms with E-state index < -0.39 is 5.97 Å². The molecule has 1 aliphatic carbocycles. The number of fused-ring (bicyclic) bond motifs is 1. The van der Waals surface area contributed by atoms with Gasteiger partial charge in [-0.3, -0.25) is 0 Å². The number of ether oxygens (including phenoxy) is 1. The number of aliphatic hydroxyl groups is 3. The van der Waals surface area contributed by atoms with E-state index in [1.54, 1.807) is 6.08 Å². The first-order chi connectivity index (χ1) is 11.5. The van der Waals surface area contributed by atoms with Crippen molar-refractivity contribution in [2.75, 3.05) is 0 Å². The van der Waals surface area contributed by atoms with Crippen molar-refractivity contribution < 1.29 is 24.9 Å². The number of cyclic esters (lactones) is 1. The molecule has 1 heterocycles. The molecule has 1 aliphatic heterocycles. The van der Waals surface area contributed by atoms with Gasteiger partial charge in [-0.1, -0.05) is 25.3 Å². The second-order valence-electron chi connectivity index (χ2n) is 6.77. The molecule has 134 valence electrons. The van der Waals surface area contributed by atoms with Crippen molar-refractivity contribution in [3.8, 4) is 0 Å². The van der Waals surface area contributed by atoms with Gasteiger partial charge in [0.1, 0.15) is 11.5 Å². The van der Waals surface area contributed by atoms with Crippen LogP contribution < -0.4 is 0 Å². The molecule has 0 amide bonds. The van der Waals surface area contributed by atoms with Crippen molar-refractivity contribution in [2.45, 2.75) is 70.5 Å². The molecule has 24 heavy (non-hydrogen) atoms. The number of carbonyl (C=O) groups excluding carboxylic acids is 1. The minimum atomic E-state index is -0.529. The van der Waals surface area contributed by atoms with E-state index in [2.05, 4.69) is 0 Å². The SMILES string of the molecule is CC1CCCC(O)CCCCCC2C=CC(O)=CC(O)=C2C(=O)O1. The van der Waals surface area contributed by atoms with Crippen molar-refractivity contribution in [1.29, 1.82) is 0 Å². The van der Waals surface area contributed by atoms with Gasteiger partial charge in [-0.15, -0.1) is 0 Å². The van der Waals surface area contributed by atoms with Crippen LogP contribution in [0, 0.1) is 5.92 Å². The van der Waals surface area contributed by atoms with E-state index in [0.29, 0.717) is 12.8 Å². The van der Waals surface area contributed by atoms with E-state index in [0.717, 1.165) is 38.5 Å². The third kappa shape index (κ3) is 5.41. The molecule has 1 fully saturated rings. The van der Waals surface area contributed by atoms with E-state index in [1.807, 2.05) is 6.92 Å². The molecule has 0 spiro atoms. The molecule has 2 rings (SSSR count). The molecule has 0 radical (unpaired) electrons. The summed E-state index contributed by atoms with van der Waals surface area (Å²) in [6, 6.07) is 0. The van der Waals surface area contributed by atoms with Gasteiger partial charge in [0, 0.05) is 12.0 Å². The van der Waals surface area contributed by atoms with Crippen LogP contribution in [-0.4, -0.2) is 33.5 Å². The third-order valence-corrected chi connectivity index (χ3v) is 4.66. The predicted octanol–water partition coefficient (Wildman–Crippen LogP) is 3.85. The number of allylic oxidation sites excluding steroid dienone is 3. The molecule has 0 bridgehead atoms. The van der Waals surface area contributed by atoms with Crippen LogP contribution in [0.1, 0.15) is 58.3 Å². The lowest BCUT2D eigenvalue weighted by atomic mass is 9.91. The van der Waals surface area contributed by atoms with Gasteiger partial charge in [-0.05, 0) is 45.1 Å². The summed E-state index contributed by atoms with van der Waals surface area (Å²) >= 11 is 0. The predicted molar refractivity (Wildman–Crippen MR) is 91.5 cm³/mol. The van der Waals surface area contributed by atoms with E-state index in [1.165, 1.54) is 12.2 Å². The van der Waals surface area contributed by atoms with Crippen LogP contribution in [0.15, 0.2) is 35.3 Å². The Labute approximate surface area is 143 Å². The smallest absolute Gasteiger partial charge is 0.338 e. The molecular weight excluding hydrogens is 308 g/mol. The molecule has 0 aromatic rings. The van der Waals surface area contributed by atoms with E-state index in [4.69, 9.17) is 4.74 Å². The van der Waals surface area contributed by atoms with Crippen molar-refractivity contribution >= 4 is 5.97 Å². The topological polar surface area (TPSA) is 87.0 Å². The Hall–Kier alpha value is -1.75. The Balaban J connectivity index is 2.19. The molecule has 2 aliphatic rings. The first-order valence-electron chi connectivity index (χ1n) is 8.88. The Bertz CT molecular complexity index is 532. The van der Waals surface area contributed by atoms with Crippen LogP contribution in [0.25, 0.3) is 0 Å². The van der Waals surface area contributed by atoms with E-state index in [-0.39, 0.29) is 35.2 Å². The summed E-state index contributed by atoms with van der Waals surface area (Å²) < 4.78 is 5.48. The van der Waals surface area contributed by atoms with Crippen LogP contribution >= 0.6 is 0 Å². The summed E-state index contributed by atoms with van der Waals surface area (Å²) in [5.41, 5.74) is 0.222. The number of rotatable bonds is 0. The first-order valence-corrected chi connectivity index (χ1v) is 8.88. The number of hydrogen-bond acceptors (Lipinski definition) is 5. The number of carbonyl (C=O) groups is 1. The molecule has 3 atom stereocenters. The molecule has 3 unspecified atom stereocenters. The Morgan fingerprint density at radius 1 is 1.04 bits per heavy atom. The zero-order chi connectivity index (χ0) is 17.5. The fraction of sp³-hybridized carbons (Fsp3) is 0.632. The van der Waals surface area contributed by atoms with Crippen LogP contribution in [0.3, 0.4) is 0 Å². The lowest BCUT2D eigenvalue weighted by Gasteiger charge is -2.20. The Kier molecular flexibility index (Phi) is 6.91. The molecule has 1 saturated heterocycles. The molecule has 0 aromatic heterocycles. The van der Waals surface area contributed by atoms with Crippen LogP contribution in [0.4, 0.5) is 0 Å². The highest BCUT2D eigenvalue weighted by molar-refractivity contribution is 5.90. The zero-order valence-electron chi connectivity index (χ0n) is 14.3. The number of hydrogen-bond donors (Lipinski definition) is 3. The fourth-order valence-electron chi connectivity index (χ4n) is 3.27. The maximum Gasteiger partial charge on any atom is 0.338 e. The maximum absolute atomic E-state index is 12.5. The summed E-state index contributed by atoms with van der Waals surface area (Å²) in [7, 11) is 0. The van der Waals surface area contributed by atoms with E-state index >= 15 is 0 Å². The number of aliphatic hydroxyl groups excluding tert-OH is 3. The van der Waals surface area contributed by atoms with Gasteiger partial charge in [0.15, 0.2) is 0 Å². The van der Waals surface area contributed by atoms with Crippen LogP contribution in [-0.2, 0) is 9.53 Å². The highest BCUT2D eigenvalue weighted by Gasteiger charge is 2.27. The largest absolute Gasteiger partial charge is 0.508 e. The lowest BCUT2D eigenvalue weighted by molar-refractivity contribution is -0.144. The van der Waals surface area contributed by atoms with Gasteiger partial charge in [0.2, 0.25) is 0 Å². The van der Waals surface area contributed by atoms with Crippen LogP contribution in [0.2, 0.25) is 0 Å². The minimum Gasteiger partial charge on any atom is -0.508 e. The second kappa shape index (κ2) is 8.92. The van der Waals surface area contributed by atoms with Crippen molar-refractivity contribution in [3.05, 3.63) is 35.3 Å². The molecular formula is C19H28O5. The molecule has 5 nitrogen and oxygen atoms in total. The third-order valence-electron chi connectivity index (χ3n) is 4.66. The highest BCUT2D eigenvalue weighted by Crippen LogP contribution is 2.29. The van der Waals surface area contributed by atoms with Gasteiger partial charge in [0.05, 0.1) is 17.8 Å². The highest BCUT2D eigenvalue weighted by atomic mass is 16.5. The molecule has 5 heteroatoms. The van der Waals surface area contributed by atoms with Gasteiger partial charge in [0.25, 0.3) is 0 Å². The van der Waals surface area contributed by atoms with Gasteiger partial charge < -0.3 is 20.1 Å². The summed E-state index contributed by atoms with van der Waals surface area (Å²) in [6.07, 6.45) is 10.4. The quantitative estimate of drug-likeness (QED) is 0.585. The fourth-order valence-corrected chi connectivity index (χ4v) is 3.27.